The van der Waals surface area contributed by atoms with E-state index < -0.39 is 6.09 Å². The second kappa shape index (κ2) is 8.69. The number of anilines is 1. The second-order valence-corrected chi connectivity index (χ2v) is 8.02. The normalized spacial score (nSPS) is 14.8. The molecule has 1 amide bonds. The number of carbonyl (C=O) groups is 1. The van der Waals surface area contributed by atoms with Gasteiger partial charge in [-0.1, -0.05) is 60.5 Å². The van der Waals surface area contributed by atoms with E-state index in [9.17, 15) is 4.79 Å². The standard InChI is InChI=1S/C26H26N2O3/c1-4-26(16-17-26)22-13-10-20(11-14-22)12-15-23-24(18(2)28-31-23)27-25(29)30-19(3)21-8-6-5-7-9-21/h5-11,13-14,19H,4,16-17H2,1-3H3,(H,27,29)/t19-/m1/s1. The minimum absolute atomic E-state index is 0.304. The van der Waals surface area contributed by atoms with Gasteiger partial charge in [-0.15, -0.1) is 0 Å². The van der Waals surface area contributed by atoms with Crippen molar-refractivity contribution in [3.05, 3.63) is 82.7 Å². The fourth-order valence-electron chi connectivity index (χ4n) is 3.72. The maximum atomic E-state index is 12.4. The smallest absolute Gasteiger partial charge is 0.412 e. The van der Waals surface area contributed by atoms with Crippen LogP contribution in [0.3, 0.4) is 0 Å². The van der Waals surface area contributed by atoms with Gasteiger partial charge in [-0.05, 0) is 67.7 Å². The van der Waals surface area contributed by atoms with E-state index in [1.807, 2.05) is 49.4 Å². The number of nitrogens with zero attached hydrogens (tertiary/aromatic N) is 1. The molecule has 5 nitrogen and oxygen atoms in total. The van der Waals surface area contributed by atoms with Crippen molar-refractivity contribution in [1.29, 1.82) is 0 Å². The Kier molecular flexibility index (Phi) is 5.81. The molecule has 1 aliphatic carbocycles. The topological polar surface area (TPSA) is 64.4 Å². The van der Waals surface area contributed by atoms with Gasteiger partial charge in [-0.2, -0.15) is 0 Å². The lowest BCUT2D eigenvalue weighted by molar-refractivity contribution is 0.121. The van der Waals surface area contributed by atoms with Crippen molar-refractivity contribution in [3.63, 3.8) is 0 Å². The zero-order valence-electron chi connectivity index (χ0n) is 18.1. The zero-order chi connectivity index (χ0) is 21.8. The molecule has 1 aliphatic rings. The fourth-order valence-corrected chi connectivity index (χ4v) is 3.72. The van der Waals surface area contributed by atoms with Crippen LogP contribution < -0.4 is 5.32 Å². The molecule has 158 valence electrons. The third-order valence-electron chi connectivity index (χ3n) is 5.99. The third kappa shape index (κ3) is 4.64. The lowest BCUT2D eigenvalue weighted by Crippen LogP contribution is -2.16. The quantitative estimate of drug-likeness (QED) is 0.510. The number of ether oxygens (including phenoxy) is 1. The third-order valence-corrected chi connectivity index (χ3v) is 5.99. The molecule has 1 saturated carbocycles. The largest absolute Gasteiger partial charge is 0.441 e. The van der Waals surface area contributed by atoms with Crippen LogP contribution >= 0.6 is 0 Å². The Morgan fingerprint density at radius 2 is 1.87 bits per heavy atom. The number of carbonyl (C=O) groups excluding carboxylic acids is 1. The summed E-state index contributed by atoms with van der Waals surface area (Å²) in [6.45, 7) is 5.82. The summed E-state index contributed by atoms with van der Waals surface area (Å²) in [5.41, 5.74) is 4.53. The number of hydrogen-bond donors (Lipinski definition) is 1. The summed E-state index contributed by atoms with van der Waals surface area (Å²) in [5.74, 6) is 6.38. The summed E-state index contributed by atoms with van der Waals surface area (Å²) < 4.78 is 10.8. The molecule has 0 saturated heterocycles. The van der Waals surface area contributed by atoms with E-state index in [1.54, 1.807) is 6.92 Å². The zero-order valence-corrected chi connectivity index (χ0v) is 18.1. The highest BCUT2D eigenvalue weighted by Gasteiger charge is 2.41. The fraction of sp³-hybridized carbons (Fsp3) is 0.308. The molecule has 1 aromatic heterocycles. The van der Waals surface area contributed by atoms with Crippen LogP contribution in [-0.2, 0) is 10.2 Å². The molecule has 0 aliphatic heterocycles. The summed E-state index contributed by atoms with van der Waals surface area (Å²) in [5, 5.41) is 6.66. The van der Waals surface area contributed by atoms with Gasteiger partial charge < -0.3 is 9.26 Å². The summed E-state index contributed by atoms with van der Waals surface area (Å²) in [6, 6.07) is 17.9. The first kappa shape index (κ1) is 20.7. The number of aromatic nitrogens is 1. The van der Waals surface area contributed by atoms with Crippen molar-refractivity contribution in [3.8, 4) is 11.8 Å². The van der Waals surface area contributed by atoms with E-state index in [2.05, 4.69) is 41.4 Å². The monoisotopic (exact) mass is 414 g/mol. The van der Waals surface area contributed by atoms with Crippen LogP contribution in [0.5, 0.6) is 0 Å². The predicted octanol–water partition coefficient (Wildman–Crippen LogP) is 6.13. The van der Waals surface area contributed by atoms with E-state index in [4.69, 9.17) is 9.26 Å². The van der Waals surface area contributed by atoms with Crippen LogP contribution in [0.1, 0.15) is 67.4 Å². The van der Waals surface area contributed by atoms with Gasteiger partial charge in [0.1, 0.15) is 17.5 Å². The molecule has 0 unspecified atom stereocenters. The molecule has 31 heavy (non-hydrogen) atoms. The molecule has 5 heteroatoms. The van der Waals surface area contributed by atoms with E-state index in [-0.39, 0.29) is 6.10 Å². The summed E-state index contributed by atoms with van der Waals surface area (Å²) in [4.78, 5) is 12.4. The second-order valence-electron chi connectivity index (χ2n) is 8.02. The molecule has 0 bridgehead atoms. The highest BCUT2D eigenvalue weighted by Crippen LogP contribution is 2.50. The lowest BCUT2D eigenvalue weighted by Gasteiger charge is -2.13. The molecule has 0 spiro atoms. The molecule has 1 atom stereocenters. The maximum Gasteiger partial charge on any atom is 0.412 e. The molecule has 3 aromatic rings. The van der Waals surface area contributed by atoms with Crippen molar-refractivity contribution in [1.82, 2.24) is 5.16 Å². The van der Waals surface area contributed by atoms with Gasteiger partial charge in [0, 0.05) is 5.56 Å². The first-order chi connectivity index (χ1) is 15.0. The van der Waals surface area contributed by atoms with Gasteiger partial charge in [0.2, 0.25) is 5.76 Å². The number of benzene rings is 2. The Labute approximate surface area is 182 Å². The van der Waals surface area contributed by atoms with Crippen molar-refractivity contribution in [2.24, 2.45) is 0 Å². The first-order valence-electron chi connectivity index (χ1n) is 10.6. The van der Waals surface area contributed by atoms with Crippen molar-refractivity contribution >= 4 is 11.8 Å². The highest BCUT2D eigenvalue weighted by atomic mass is 16.6. The van der Waals surface area contributed by atoms with Crippen molar-refractivity contribution in [2.45, 2.75) is 51.6 Å². The van der Waals surface area contributed by atoms with E-state index in [0.29, 0.717) is 22.6 Å². The molecule has 1 N–H and O–H groups in total. The average molecular weight is 415 g/mol. The molecule has 0 radical (unpaired) electrons. The van der Waals surface area contributed by atoms with E-state index in [0.717, 1.165) is 11.1 Å². The summed E-state index contributed by atoms with van der Waals surface area (Å²) >= 11 is 0. The van der Waals surface area contributed by atoms with Gasteiger partial charge in [-0.25, -0.2) is 4.79 Å². The molecular formula is C26H26N2O3. The van der Waals surface area contributed by atoms with Gasteiger partial charge >= 0.3 is 6.09 Å². The molecule has 4 rings (SSSR count). The van der Waals surface area contributed by atoms with Crippen molar-refractivity contribution in [2.75, 3.05) is 5.32 Å². The Bertz CT molecular complexity index is 1120. The molecule has 1 fully saturated rings. The Hall–Kier alpha value is -3.52. The van der Waals surface area contributed by atoms with Crippen LogP contribution in [-0.4, -0.2) is 11.2 Å². The number of nitrogens with one attached hydrogen (secondary N) is 1. The average Bonchev–Trinajstić information content (AvgIpc) is 3.53. The summed E-state index contributed by atoms with van der Waals surface area (Å²) in [7, 11) is 0. The van der Waals surface area contributed by atoms with Gasteiger partial charge in [0.05, 0.1) is 0 Å². The van der Waals surface area contributed by atoms with Gasteiger partial charge in [0.25, 0.3) is 0 Å². The highest BCUT2D eigenvalue weighted by molar-refractivity contribution is 5.87. The number of hydrogen-bond acceptors (Lipinski definition) is 4. The van der Waals surface area contributed by atoms with Crippen LogP contribution in [0.15, 0.2) is 59.1 Å². The molecular weight excluding hydrogens is 388 g/mol. The SMILES string of the molecule is CCC1(c2ccc(C#Cc3onc(C)c3NC(=O)O[C@H](C)c3ccccc3)cc2)CC1. The lowest BCUT2D eigenvalue weighted by atomic mass is 9.93. The Morgan fingerprint density at radius 1 is 1.16 bits per heavy atom. The van der Waals surface area contributed by atoms with Gasteiger partial charge in [-0.3, -0.25) is 5.32 Å². The van der Waals surface area contributed by atoms with Crippen LogP contribution in [0.4, 0.5) is 10.5 Å². The Balaban J connectivity index is 1.44. The Morgan fingerprint density at radius 3 is 2.52 bits per heavy atom. The summed E-state index contributed by atoms with van der Waals surface area (Å²) in [6.07, 6.45) is 2.74. The molecule has 1 heterocycles. The number of rotatable bonds is 5. The van der Waals surface area contributed by atoms with Crippen molar-refractivity contribution < 1.29 is 14.1 Å². The minimum Gasteiger partial charge on any atom is -0.441 e. The minimum atomic E-state index is -0.579. The maximum absolute atomic E-state index is 12.4. The van der Waals surface area contributed by atoms with E-state index in [1.165, 1.54) is 24.8 Å². The van der Waals surface area contributed by atoms with E-state index >= 15 is 0 Å². The molecule has 2 aromatic carbocycles. The number of aryl methyl sites for hydroxylation is 1. The predicted molar refractivity (Wildman–Crippen MR) is 120 cm³/mol. The van der Waals surface area contributed by atoms with Gasteiger partial charge in [0.15, 0.2) is 0 Å². The number of amides is 1. The first-order valence-corrected chi connectivity index (χ1v) is 10.6. The van der Waals surface area contributed by atoms with Crippen LogP contribution in [0.25, 0.3) is 0 Å². The van der Waals surface area contributed by atoms with Crippen LogP contribution in [0.2, 0.25) is 0 Å². The van der Waals surface area contributed by atoms with Crippen LogP contribution in [0, 0.1) is 18.8 Å².